The van der Waals surface area contributed by atoms with E-state index in [1.807, 2.05) is 13.8 Å². The van der Waals surface area contributed by atoms with Gasteiger partial charge in [-0.3, -0.25) is 4.79 Å². The molecule has 2 fully saturated rings. The molecule has 5 heteroatoms. The van der Waals surface area contributed by atoms with Crippen molar-refractivity contribution in [3.8, 4) is 0 Å². The van der Waals surface area contributed by atoms with E-state index in [0.717, 1.165) is 20.0 Å². The topological polar surface area (TPSA) is 81.8 Å². The first-order valence-corrected chi connectivity index (χ1v) is 7.39. The molecule has 20 heavy (non-hydrogen) atoms. The maximum absolute atomic E-state index is 10.8. The summed E-state index contributed by atoms with van der Waals surface area (Å²) in [6.45, 7) is 8.03. The lowest BCUT2D eigenvalue weighted by molar-refractivity contribution is -0.132. The van der Waals surface area contributed by atoms with Crippen LogP contribution in [0.25, 0.3) is 0 Å². The van der Waals surface area contributed by atoms with Crippen LogP contribution in [0.5, 0.6) is 0 Å². The van der Waals surface area contributed by atoms with Crippen molar-refractivity contribution in [1.82, 2.24) is 0 Å². The molecule has 0 saturated carbocycles. The van der Waals surface area contributed by atoms with Gasteiger partial charge in [0.2, 0.25) is 0 Å². The quantitative estimate of drug-likeness (QED) is 0.708. The van der Waals surface area contributed by atoms with Gasteiger partial charge in [0.05, 0.1) is 24.4 Å². The summed E-state index contributed by atoms with van der Waals surface area (Å²) in [6, 6.07) is 0.365. The summed E-state index contributed by atoms with van der Waals surface area (Å²) in [5, 5.41) is 7.00. The standard InChI is InChI=1S/C7H15NO.C7H12O2.CH4O/c2*1-5-3-7(8)4-6(2)9-5;1-2/h5-7H,3-4,8H2,1-2H3;5-6H,3-4H2,1-2H3;2H,1H3/t5-,6+,7?;5-,6+;. The Balaban J connectivity index is 0.000000321. The Morgan fingerprint density at radius 2 is 1.25 bits per heavy atom. The summed E-state index contributed by atoms with van der Waals surface area (Å²) in [6.07, 6.45) is 4.25. The molecule has 1 unspecified atom stereocenters. The molecule has 2 aliphatic heterocycles. The second-order valence-electron chi connectivity index (χ2n) is 5.69. The minimum atomic E-state index is 0.140. The lowest BCUT2D eigenvalue weighted by Gasteiger charge is -2.29. The van der Waals surface area contributed by atoms with Gasteiger partial charge in [0.25, 0.3) is 0 Å². The summed E-state index contributed by atoms with van der Waals surface area (Å²) >= 11 is 0. The lowest BCUT2D eigenvalue weighted by Crippen LogP contribution is -2.37. The van der Waals surface area contributed by atoms with E-state index in [1.54, 1.807) is 0 Å². The van der Waals surface area contributed by atoms with Gasteiger partial charge in [-0.25, -0.2) is 0 Å². The maximum Gasteiger partial charge on any atom is 0.138 e. The minimum absolute atomic E-state index is 0.140. The van der Waals surface area contributed by atoms with Crippen LogP contribution in [-0.2, 0) is 14.3 Å². The van der Waals surface area contributed by atoms with E-state index in [2.05, 4.69) is 13.8 Å². The highest BCUT2D eigenvalue weighted by Crippen LogP contribution is 2.16. The molecule has 0 bridgehead atoms. The van der Waals surface area contributed by atoms with Crippen molar-refractivity contribution in [3.63, 3.8) is 0 Å². The third kappa shape index (κ3) is 8.64. The molecule has 5 atom stereocenters. The fraction of sp³-hybridized carbons (Fsp3) is 0.933. The fourth-order valence-electron chi connectivity index (χ4n) is 2.67. The van der Waals surface area contributed by atoms with E-state index in [-0.39, 0.29) is 12.2 Å². The Morgan fingerprint density at radius 1 is 0.900 bits per heavy atom. The number of carbonyl (C=O) groups excluding carboxylic acids is 1. The Labute approximate surface area is 122 Å². The first kappa shape index (κ1) is 19.5. The lowest BCUT2D eigenvalue weighted by atomic mass is 10.0. The molecule has 5 nitrogen and oxygen atoms in total. The van der Waals surface area contributed by atoms with E-state index in [0.29, 0.717) is 36.9 Å². The monoisotopic (exact) mass is 289 g/mol. The number of rotatable bonds is 0. The van der Waals surface area contributed by atoms with E-state index < -0.39 is 0 Å². The highest BCUT2D eigenvalue weighted by atomic mass is 16.5. The first-order chi connectivity index (χ1) is 9.36. The van der Waals surface area contributed by atoms with Gasteiger partial charge in [0, 0.05) is 26.0 Å². The third-order valence-electron chi connectivity index (χ3n) is 3.23. The molecule has 3 N–H and O–H groups in total. The largest absolute Gasteiger partial charge is 0.400 e. The number of hydrogen-bond acceptors (Lipinski definition) is 5. The zero-order chi connectivity index (χ0) is 15.7. The number of ketones is 1. The van der Waals surface area contributed by atoms with Crippen molar-refractivity contribution < 1.29 is 19.4 Å². The molecule has 0 aromatic rings. The Hall–Kier alpha value is -0.490. The van der Waals surface area contributed by atoms with Crippen molar-refractivity contribution in [1.29, 1.82) is 0 Å². The van der Waals surface area contributed by atoms with Gasteiger partial charge in [-0.15, -0.1) is 0 Å². The van der Waals surface area contributed by atoms with Crippen LogP contribution < -0.4 is 5.73 Å². The predicted molar refractivity (Wildman–Crippen MR) is 79.6 cm³/mol. The number of carbonyl (C=O) groups is 1. The van der Waals surface area contributed by atoms with Crippen LogP contribution in [0.3, 0.4) is 0 Å². The minimum Gasteiger partial charge on any atom is -0.400 e. The van der Waals surface area contributed by atoms with Crippen LogP contribution in [-0.4, -0.2) is 48.5 Å². The molecule has 2 heterocycles. The van der Waals surface area contributed by atoms with E-state index in [9.17, 15) is 4.79 Å². The highest BCUT2D eigenvalue weighted by molar-refractivity contribution is 5.79. The van der Waals surface area contributed by atoms with Crippen LogP contribution in [0.4, 0.5) is 0 Å². The number of hydrogen-bond donors (Lipinski definition) is 2. The molecular weight excluding hydrogens is 258 g/mol. The molecule has 2 aliphatic rings. The fourth-order valence-corrected chi connectivity index (χ4v) is 2.67. The van der Waals surface area contributed by atoms with Gasteiger partial charge in [0.1, 0.15) is 5.78 Å². The summed E-state index contributed by atoms with van der Waals surface area (Å²) in [7, 11) is 1.00. The average Bonchev–Trinajstić information content (AvgIpc) is 2.28. The van der Waals surface area contributed by atoms with Crippen molar-refractivity contribution in [2.75, 3.05) is 7.11 Å². The average molecular weight is 289 g/mol. The van der Waals surface area contributed by atoms with Crippen LogP contribution in [0, 0.1) is 0 Å². The van der Waals surface area contributed by atoms with Crippen LogP contribution >= 0.6 is 0 Å². The SMILES string of the molecule is CO.C[C@@H]1CC(=O)C[C@H](C)O1.C[C@@H]1CC(N)C[C@H](C)O1. The summed E-state index contributed by atoms with van der Waals surface area (Å²) in [5.74, 6) is 0.334. The molecule has 0 amide bonds. The Morgan fingerprint density at radius 3 is 1.55 bits per heavy atom. The van der Waals surface area contributed by atoms with Gasteiger partial charge < -0.3 is 20.3 Å². The molecular formula is C15H31NO4. The van der Waals surface area contributed by atoms with Gasteiger partial charge in [0.15, 0.2) is 0 Å². The van der Waals surface area contributed by atoms with E-state index in [1.165, 1.54) is 0 Å². The predicted octanol–water partition coefficient (Wildman–Crippen LogP) is 1.65. The highest BCUT2D eigenvalue weighted by Gasteiger charge is 2.21. The van der Waals surface area contributed by atoms with Gasteiger partial charge in [-0.1, -0.05) is 0 Å². The van der Waals surface area contributed by atoms with Gasteiger partial charge in [-0.05, 0) is 40.5 Å². The van der Waals surface area contributed by atoms with E-state index in [4.69, 9.17) is 20.3 Å². The maximum atomic E-state index is 10.8. The molecule has 0 aromatic carbocycles. The van der Waals surface area contributed by atoms with E-state index >= 15 is 0 Å². The molecule has 2 rings (SSSR count). The molecule has 2 saturated heterocycles. The smallest absolute Gasteiger partial charge is 0.138 e. The Bertz CT molecular complexity index is 236. The second kappa shape index (κ2) is 10.3. The van der Waals surface area contributed by atoms with Crippen molar-refractivity contribution >= 4 is 5.78 Å². The number of nitrogens with two attached hydrogens (primary N) is 1. The summed E-state index contributed by atoms with van der Waals surface area (Å²) in [5.41, 5.74) is 5.74. The Kier molecular flexibility index (Phi) is 10.0. The normalized spacial score (nSPS) is 37.1. The molecule has 120 valence electrons. The number of ether oxygens (including phenoxy) is 2. The summed E-state index contributed by atoms with van der Waals surface area (Å²) < 4.78 is 10.8. The number of Topliss-reactive ketones (excluding diaryl/α,β-unsaturated/α-hetero) is 1. The van der Waals surface area contributed by atoms with Gasteiger partial charge in [-0.2, -0.15) is 0 Å². The van der Waals surface area contributed by atoms with Crippen molar-refractivity contribution in [3.05, 3.63) is 0 Å². The summed E-state index contributed by atoms with van der Waals surface area (Å²) in [4.78, 5) is 10.8. The van der Waals surface area contributed by atoms with Crippen LogP contribution in [0.1, 0.15) is 53.4 Å². The van der Waals surface area contributed by atoms with Crippen LogP contribution in [0.2, 0.25) is 0 Å². The number of aliphatic hydroxyl groups is 1. The van der Waals surface area contributed by atoms with Crippen molar-refractivity contribution in [2.45, 2.75) is 83.8 Å². The zero-order valence-corrected chi connectivity index (χ0v) is 13.5. The molecule has 0 aromatic heterocycles. The third-order valence-corrected chi connectivity index (χ3v) is 3.23. The molecule has 0 spiro atoms. The number of aliphatic hydroxyl groups excluding tert-OH is 1. The zero-order valence-electron chi connectivity index (χ0n) is 13.5. The second-order valence-corrected chi connectivity index (χ2v) is 5.69. The van der Waals surface area contributed by atoms with Gasteiger partial charge >= 0.3 is 0 Å². The molecule has 0 radical (unpaired) electrons. The van der Waals surface area contributed by atoms with Crippen molar-refractivity contribution in [2.24, 2.45) is 5.73 Å². The molecule has 0 aliphatic carbocycles. The first-order valence-electron chi connectivity index (χ1n) is 7.39. The van der Waals surface area contributed by atoms with Crippen LogP contribution in [0.15, 0.2) is 0 Å².